The minimum absolute atomic E-state index is 0.171. The lowest BCUT2D eigenvalue weighted by Gasteiger charge is -2.16. The third-order valence-corrected chi connectivity index (χ3v) is 5.72. The average Bonchev–Trinajstić information content (AvgIpc) is 2.85. The molecule has 0 unspecified atom stereocenters. The monoisotopic (exact) mass is 461 g/mol. The Bertz CT molecular complexity index is 1170. The fraction of sp³-hybridized carbons (Fsp3) is 0.346. The molecule has 0 bridgehead atoms. The van der Waals surface area contributed by atoms with Crippen LogP contribution in [0.4, 0.5) is 17.2 Å². The van der Waals surface area contributed by atoms with Gasteiger partial charge in [-0.3, -0.25) is 4.79 Å². The van der Waals surface area contributed by atoms with Crippen molar-refractivity contribution >= 4 is 34.0 Å². The zero-order valence-corrected chi connectivity index (χ0v) is 19.7. The van der Waals surface area contributed by atoms with Crippen LogP contribution in [-0.2, 0) is 16.0 Å². The highest BCUT2D eigenvalue weighted by Crippen LogP contribution is 2.33. The third-order valence-electron chi connectivity index (χ3n) is 5.72. The molecule has 3 N–H and O–H groups in total. The number of aryl methyl sites for hydroxylation is 1. The van der Waals surface area contributed by atoms with Crippen LogP contribution in [0.15, 0.2) is 54.4 Å². The summed E-state index contributed by atoms with van der Waals surface area (Å²) < 4.78 is 11.0. The van der Waals surface area contributed by atoms with Crippen LogP contribution >= 0.6 is 0 Å². The Morgan fingerprint density at radius 3 is 2.79 bits per heavy atom. The fourth-order valence-corrected chi connectivity index (χ4v) is 3.89. The molecule has 0 aliphatic carbocycles. The number of hydrogen-bond acceptors (Lipinski definition) is 7. The van der Waals surface area contributed by atoms with Gasteiger partial charge < -0.3 is 25.4 Å². The molecule has 1 aliphatic rings. The van der Waals surface area contributed by atoms with E-state index in [1.165, 1.54) is 11.9 Å². The number of carbonyl (C=O) groups is 1. The summed E-state index contributed by atoms with van der Waals surface area (Å²) in [6.45, 7) is 4.71. The van der Waals surface area contributed by atoms with Gasteiger partial charge in [0.25, 0.3) is 0 Å². The summed E-state index contributed by atoms with van der Waals surface area (Å²) in [4.78, 5) is 21.7. The number of nitrogens with one attached hydrogen (secondary N) is 3. The topological polar surface area (TPSA) is 97.4 Å². The summed E-state index contributed by atoms with van der Waals surface area (Å²) >= 11 is 0. The molecule has 1 saturated heterocycles. The van der Waals surface area contributed by atoms with Crippen LogP contribution in [0.3, 0.4) is 0 Å². The van der Waals surface area contributed by atoms with Gasteiger partial charge in [-0.15, -0.1) is 0 Å². The Kier molecular flexibility index (Phi) is 8.06. The summed E-state index contributed by atoms with van der Waals surface area (Å²) in [5.74, 6) is 1.03. The van der Waals surface area contributed by atoms with Crippen LogP contribution in [0.5, 0.6) is 5.75 Å². The SMILES string of the molecule is CCc1cccc(Nc2ncnc3cc(OCCOC)c(NC(=O)C=C4CCNCC4)cc23)c1. The number of benzene rings is 2. The minimum atomic E-state index is -0.171. The van der Waals surface area contributed by atoms with E-state index in [2.05, 4.69) is 45.0 Å². The Labute approximate surface area is 199 Å². The largest absolute Gasteiger partial charge is 0.489 e. The van der Waals surface area contributed by atoms with Gasteiger partial charge in [-0.1, -0.05) is 24.6 Å². The van der Waals surface area contributed by atoms with E-state index >= 15 is 0 Å². The van der Waals surface area contributed by atoms with Crippen LogP contribution in [0.1, 0.15) is 25.3 Å². The maximum atomic E-state index is 12.8. The van der Waals surface area contributed by atoms with Gasteiger partial charge in [-0.2, -0.15) is 0 Å². The second-order valence-corrected chi connectivity index (χ2v) is 8.15. The number of ether oxygens (including phenoxy) is 2. The summed E-state index contributed by atoms with van der Waals surface area (Å²) in [5, 5.41) is 10.5. The fourth-order valence-electron chi connectivity index (χ4n) is 3.89. The van der Waals surface area contributed by atoms with Crippen LogP contribution in [0.2, 0.25) is 0 Å². The van der Waals surface area contributed by atoms with Crippen LogP contribution in [-0.4, -0.2) is 49.3 Å². The maximum absolute atomic E-state index is 12.8. The van der Waals surface area contributed by atoms with Crippen molar-refractivity contribution in [3.05, 3.63) is 59.9 Å². The number of anilines is 3. The van der Waals surface area contributed by atoms with Gasteiger partial charge >= 0.3 is 0 Å². The van der Waals surface area contributed by atoms with Crippen molar-refractivity contribution < 1.29 is 14.3 Å². The van der Waals surface area contributed by atoms with E-state index in [-0.39, 0.29) is 5.91 Å². The first kappa shape index (κ1) is 23.7. The number of aromatic nitrogens is 2. The normalized spacial score (nSPS) is 13.5. The number of carbonyl (C=O) groups excluding carboxylic acids is 1. The van der Waals surface area contributed by atoms with Gasteiger partial charge in [0.1, 0.15) is 24.5 Å². The van der Waals surface area contributed by atoms with Crippen molar-refractivity contribution in [3.8, 4) is 5.75 Å². The molecule has 1 aliphatic heterocycles. The van der Waals surface area contributed by atoms with E-state index in [1.54, 1.807) is 13.2 Å². The van der Waals surface area contributed by atoms with Crippen molar-refractivity contribution in [2.45, 2.75) is 26.2 Å². The summed E-state index contributed by atoms with van der Waals surface area (Å²) in [6, 6.07) is 11.9. The van der Waals surface area contributed by atoms with E-state index in [1.807, 2.05) is 24.3 Å². The zero-order chi connectivity index (χ0) is 23.8. The highest BCUT2D eigenvalue weighted by atomic mass is 16.5. The first-order valence-electron chi connectivity index (χ1n) is 11.6. The highest BCUT2D eigenvalue weighted by Gasteiger charge is 2.14. The second-order valence-electron chi connectivity index (χ2n) is 8.15. The minimum Gasteiger partial charge on any atom is -0.489 e. The van der Waals surface area contributed by atoms with E-state index in [0.717, 1.165) is 49.0 Å². The number of nitrogens with zero attached hydrogens (tertiary/aromatic N) is 2. The van der Waals surface area contributed by atoms with Crippen molar-refractivity contribution in [3.63, 3.8) is 0 Å². The Morgan fingerprint density at radius 2 is 2.00 bits per heavy atom. The third kappa shape index (κ3) is 6.09. The molecular weight excluding hydrogens is 430 g/mol. The molecular formula is C26H31N5O3. The van der Waals surface area contributed by atoms with Gasteiger partial charge in [0.15, 0.2) is 0 Å². The van der Waals surface area contributed by atoms with Crippen molar-refractivity contribution in [2.24, 2.45) is 0 Å². The molecule has 4 rings (SSSR count). The summed E-state index contributed by atoms with van der Waals surface area (Å²) in [6.07, 6.45) is 5.92. The quantitative estimate of drug-likeness (QED) is 0.324. The second kappa shape index (κ2) is 11.6. The standard InChI is InChI=1S/C26H31N5O3/c1-3-18-5-4-6-20(13-18)30-26-21-15-23(31-25(32)14-19-7-9-27-10-8-19)24(34-12-11-33-2)16-22(21)28-17-29-26/h4-6,13-17,27H,3,7-12H2,1-2H3,(H,31,32)(H,28,29,30). The lowest BCUT2D eigenvalue weighted by atomic mass is 10.1. The molecule has 0 spiro atoms. The number of piperidine rings is 1. The van der Waals surface area contributed by atoms with Crippen molar-refractivity contribution in [1.29, 1.82) is 0 Å². The smallest absolute Gasteiger partial charge is 0.248 e. The molecule has 3 aromatic rings. The van der Waals surface area contributed by atoms with Crippen LogP contribution < -0.4 is 20.7 Å². The Hall–Kier alpha value is -3.49. The van der Waals surface area contributed by atoms with E-state index in [4.69, 9.17) is 9.47 Å². The Balaban J connectivity index is 1.66. The van der Waals surface area contributed by atoms with Gasteiger partial charge in [-0.25, -0.2) is 9.97 Å². The molecule has 1 amide bonds. The number of amides is 1. The van der Waals surface area contributed by atoms with Gasteiger partial charge in [0, 0.05) is 30.3 Å². The lowest BCUT2D eigenvalue weighted by molar-refractivity contribution is -0.112. The number of fused-ring (bicyclic) bond motifs is 1. The molecule has 8 nitrogen and oxygen atoms in total. The first-order chi connectivity index (χ1) is 16.7. The van der Waals surface area contributed by atoms with Crippen LogP contribution in [0.25, 0.3) is 10.9 Å². The number of rotatable bonds is 9. The molecule has 0 saturated carbocycles. The van der Waals surface area contributed by atoms with Gasteiger partial charge in [-0.05, 0) is 56.1 Å². The number of methoxy groups -OCH3 is 1. The lowest BCUT2D eigenvalue weighted by Crippen LogP contribution is -2.24. The zero-order valence-electron chi connectivity index (χ0n) is 19.7. The number of hydrogen-bond donors (Lipinski definition) is 3. The van der Waals surface area contributed by atoms with Gasteiger partial charge in [0.2, 0.25) is 5.91 Å². The maximum Gasteiger partial charge on any atom is 0.248 e. The van der Waals surface area contributed by atoms with E-state index in [0.29, 0.717) is 36.0 Å². The predicted molar refractivity (Wildman–Crippen MR) is 135 cm³/mol. The van der Waals surface area contributed by atoms with Gasteiger partial charge in [0.05, 0.1) is 17.8 Å². The van der Waals surface area contributed by atoms with Crippen molar-refractivity contribution in [1.82, 2.24) is 15.3 Å². The summed E-state index contributed by atoms with van der Waals surface area (Å²) in [5.41, 5.74) is 4.60. The Morgan fingerprint density at radius 1 is 1.15 bits per heavy atom. The average molecular weight is 462 g/mol. The molecule has 2 aromatic carbocycles. The van der Waals surface area contributed by atoms with Crippen LogP contribution in [0, 0.1) is 0 Å². The van der Waals surface area contributed by atoms with Crippen molar-refractivity contribution in [2.75, 3.05) is 44.0 Å². The van der Waals surface area contributed by atoms with E-state index < -0.39 is 0 Å². The molecule has 0 atom stereocenters. The highest BCUT2D eigenvalue weighted by molar-refractivity contribution is 6.04. The first-order valence-corrected chi connectivity index (χ1v) is 11.6. The molecule has 8 heteroatoms. The molecule has 34 heavy (non-hydrogen) atoms. The molecule has 1 aromatic heterocycles. The molecule has 0 radical (unpaired) electrons. The van der Waals surface area contributed by atoms with E-state index in [9.17, 15) is 4.79 Å². The molecule has 178 valence electrons. The predicted octanol–water partition coefficient (Wildman–Crippen LogP) is 4.21. The molecule has 1 fully saturated rings. The summed E-state index contributed by atoms with van der Waals surface area (Å²) in [7, 11) is 1.62. The molecule has 2 heterocycles.